The lowest BCUT2D eigenvalue weighted by molar-refractivity contribution is -0.137. The van der Waals surface area contributed by atoms with E-state index in [1.165, 1.54) is 42.2 Å². The van der Waals surface area contributed by atoms with Gasteiger partial charge in [0, 0.05) is 18.1 Å². The number of aromatic nitrogens is 2. The summed E-state index contributed by atoms with van der Waals surface area (Å²) in [5, 5.41) is 22.8. The van der Waals surface area contributed by atoms with Crippen molar-refractivity contribution < 1.29 is 18.7 Å². The number of hydrogen-bond donors (Lipinski definition) is 3. The number of ether oxygens (including phenoxy) is 1. The van der Waals surface area contributed by atoms with Crippen LogP contribution in [-0.4, -0.2) is 45.0 Å². The molecule has 0 bridgehead atoms. The highest BCUT2D eigenvalue weighted by Crippen LogP contribution is 2.45. The number of benzene rings is 2. The number of likely N-dealkylation sites (tertiary alicyclic amines) is 1. The molecule has 2 heterocycles. The molecule has 0 saturated carbocycles. The maximum Gasteiger partial charge on any atom is 0.307 e. The average molecular weight is 588 g/mol. The molecule has 0 radical (unpaired) electrons. The van der Waals surface area contributed by atoms with Crippen molar-refractivity contribution in [3.8, 4) is 17.6 Å². The maximum atomic E-state index is 14.3. The van der Waals surface area contributed by atoms with E-state index in [1.807, 2.05) is 0 Å². The number of aryl methyl sites for hydroxylation is 2. The van der Waals surface area contributed by atoms with Gasteiger partial charge in [-0.2, -0.15) is 10.4 Å². The minimum absolute atomic E-state index is 0.0589. The molecule has 0 aliphatic carbocycles. The molecule has 1 aliphatic rings. The van der Waals surface area contributed by atoms with Gasteiger partial charge >= 0.3 is 5.56 Å². The fraction of sp³-hybridized carbons (Fsp3) is 0.367. The van der Waals surface area contributed by atoms with Crippen LogP contribution in [0.5, 0.6) is 11.5 Å². The lowest BCUT2D eigenvalue weighted by Crippen LogP contribution is -2.52. The Hall–Kier alpha value is -5.21. The summed E-state index contributed by atoms with van der Waals surface area (Å²) in [4.78, 5) is 44.0. The highest BCUT2D eigenvalue weighted by atomic mass is 19.1. The third-order valence-corrected chi connectivity index (χ3v) is 7.51. The quantitative estimate of drug-likeness (QED) is 0.262. The largest absolute Gasteiger partial charge is 0.451 e. The molecule has 4 atom stereocenters. The fourth-order valence-corrected chi connectivity index (χ4v) is 5.26. The summed E-state index contributed by atoms with van der Waals surface area (Å²) < 4.78 is 20.0. The van der Waals surface area contributed by atoms with Gasteiger partial charge in [-0.1, -0.05) is 12.1 Å². The molecule has 12 nitrogen and oxygen atoms in total. The lowest BCUT2D eigenvalue weighted by Gasteiger charge is -2.37. The zero-order valence-electron chi connectivity index (χ0n) is 24.4. The fourth-order valence-electron chi connectivity index (χ4n) is 5.26. The van der Waals surface area contributed by atoms with E-state index in [0.29, 0.717) is 22.6 Å². The molecule has 1 fully saturated rings. The van der Waals surface area contributed by atoms with Gasteiger partial charge in [0.15, 0.2) is 11.8 Å². The minimum Gasteiger partial charge on any atom is -0.451 e. The maximum absolute atomic E-state index is 14.3. The Morgan fingerprint density at radius 3 is 2.65 bits per heavy atom. The summed E-state index contributed by atoms with van der Waals surface area (Å²) >= 11 is 0. The highest BCUT2D eigenvalue weighted by molar-refractivity contribution is 5.98. The summed E-state index contributed by atoms with van der Waals surface area (Å²) in [7, 11) is 0. The van der Waals surface area contributed by atoms with Crippen molar-refractivity contribution in [2.75, 3.05) is 0 Å². The number of hydrogen-bond acceptors (Lipinski definition) is 8. The van der Waals surface area contributed by atoms with Gasteiger partial charge in [0.25, 0.3) is 5.91 Å². The van der Waals surface area contributed by atoms with Gasteiger partial charge in [0.1, 0.15) is 28.3 Å². The van der Waals surface area contributed by atoms with E-state index in [9.17, 15) is 24.0 Å². The van der Waals surface area contributed by atoms with Crippen molar-refractivity contribution in [3.63, 3.8) is 0 Å². The molecule has 2 amide bonds. The van der Waals surface area contributed by atoms with Crippen molar-refractivity contribution in [1.82, 2.24) is 25.3 Å². The van der Waals surface area contributed by atoms with Crippen LogP contribution in [0.4, 0.5) is 4.39 Å². The Morgan fingerprint density at radius 2 is 2.00 bits per heavy atom. The van der Waals surface area contributed by atoms with Gasteiger partial charge in [-0.15, -0.1) is 0 Å². The Bertz CT molecular complexity index is 1710. The summed E-state index contributed by atoms with van der Waals surface area (Å²) in [6, 6.07) is 10.9. The van der Waals surface area contributed by atoms with E-state index in [4.69, 9.17) is 10.3 Å². The Labute approximate surface area is 247 Å². The first-order chi connectivity index (χ1) is 20.4. The second-order valence-electron chi connectivity index (χ2n) is 11.1. The van der Waals surface area contributed by atoms with Crippen molar-refractivity contribution in [3.05, 3.63) is 87.1 Å². The van der Waals surface area contributed by atoms with Crippen molar-refractivity contribution in [1.29, 1.82) is 10.8 Å². The molecule has 13 heteroatoms. The third-order valence-electron chi connectivity index (χ3n) is 7.51. The smallest absolute Gasteiger partial charge is 0.307 e. The molecule has 43 heavy (non-hydrogen) atoms. The van der Waals surface area contributed by atoms with Crippen LogP contribution in [-0.2, 0) is 4.79 Å². The summed E-state index contributed by atoms with van der Waals surface area (Å²) in [6.45, 7) is 8.33. The first-order valence-corrected chi connectivity index (χ1v) is 13.6. The zero-order valence-corrected chi connectivity index (χ0v) is 24.4. The number of nitrogens with zero attached hydrogens (tertiary/aromatic N) is 5. The van der Waals surface area contributed by atoms with Crippen LogP contribution in [0.25, 0.3) is 0 Å². The normalized spacial score (nSPS) is 18.7. The number of nitriles is 1. The van der Waals surface area contributed by atoms with Crippen molar-refractivity contribution >= 4 is 11.8 Å². The number of aromatic amines is 1. The standard InChI is InChI=1S/C30H31FN8O4/c1-16-11-20(9-10-23(16)43-24-12-17(2)35-37-28(24)41)27(40)34-18(3)29(42)39-25(30(4,5)15-32)14-22(36-38-33)26(39)19-7-6-8-21(31)13-19/h6-13,18,22,25-26,33H,14H2,1-5H3,(H-,34,37,40,41)/p+1/t18-,22+,25-,26-/m1/s1. The summed E-state index contributed by atoms with van der Waals surface area (Å²) in [5.41, 5.74) is 7.62. The SMILES string of the molecule is Cc1cc(Oc2ccc(C(=O)N[C@H](C)C(=O)N3[C@H](c4cccc(F)c4)[C@@H](N=[N+]=N)C[C@@H]3C(C)(C)C#N)cc2C)c(=O)[nH]n1. The predicted octanol–water partition coefficient (Wildman–Crippen LogP) is 4.25. The van der Waals surface area contributed by atoms with E-state index >= 15 is 0 Å². The predicted molar refractivity (Wildman–Crippen MR) is 153 cm³/mol. The molecule has 0 spiro atoms. The van der Waals surface area contributed by atoms with Crippen LogP contribution in [0.1, 0.15) is 60.4 Å². The van der Waals surface area contributed by atoms with Gasteiger partial charge in [-0.25, -0.2) is 9.49 Å². The molecule has 0 unspecified atom stereocenters. The molecule has 222 valence electrons. The monoisotopic (exact) mass is 587 g/mol. The second kappa shape index (κ2) is 12.3. The van der Waals surface area contributed by atoms with Gasteiger partial charge < -0.3 is 15.0 Å². The van der Waals surface area contributed by atoms with E-state index in [2.05, 4.69) is 31.6 Å². The van der Waals surface area contributed by atoms with Crippen LogP contribution >= 0.6 is 0 Å². The van der Waals surface area contributed by atoms with Crippen LogP contribution in [0.2, 0.25) is 0 Å². The molecule has 1 aliphatic heterocycles. The van der Waals surface area contributed by atoms with Gasteiger partial charge in [-0.3, -0.25) is 14.4 Å². The van der Waals surface area contributed by atoms with Crippen LogP contribution in [0.15, 0.2) is 58.4 Å². The molecule has 1 aromatic heterocycles. The van der Waals surface area contributed by atoms with E-state index in [1.54, 1.807) is 45.9 Å². The molecule has 1 saturated heterocycles. The number of amides is 2. The molecule has 4 rings (SSSR count). The number of carbonyl (C=O) groups is 2. The topological polar surface area (TPSA) is 178 Å². The number of rotatable bonds is 8. The van der Waals surface area contributed by atoms with E-state index < -0.39 is 52.8 Å². The van der Waals surface area contributed by atoms with Crippen LogP contribution < -0.4 is 20.5 Å². The number of carbonyl (C=O) groups excluding carboxylic acids is 2. The first-order valence-electron chi connectivity index (χ1n) is 13.6. The zero-order chi connectivity index (χ0) is 31.5. The second-order valence-corrected chi connectivity index (χ2v) is 11.1. The Morgan fingerprint density at radius 1 is 1.26 bits per heavy atom. The van der Waals surface area contributed by atoms with E-state index in [-0.39, 0.29) is 17.7 Å². The van der Waals surface area contributed by atoms with Crippen LogP contribution in [0.3, 0.4) is 0 Å². The van der Waals surface area contributed by atoms with Crippen LogP contribution in [0, 0.1) is 41.9 Å². The number of halogens is 1. The molecule has 3 aromatic rings. The summed E-state index contributed by atoms with van der Waals surface area (Å²) in [5.74, 6) is -1.12. The molecular weight excluding hydrogens is 555 g/mol. The van der Waals surface area contributed by atoms with Gasteiger partial charge in [-0.05, 0) is 76.1 Å². The highest BCUT2D eigenvalue weighted by Gasteiger charge is 2.53. The third kappa shape index (κ3) is 6.50. The van der Waals surface area contributed by atoms with E-state index in [0.717, 1.165) is 0 Å². The van der Waals surface area contributed by atoms with Gasteiger partial charge in [0.2, 0.25) is 10.8 Å². The van der Waals surface area contributed by atoms with Gasteiger partial charge in [0.05, 0.1) is 29.3 Å². The average Bonchev–Trinajstić information content (AvgIpc) is 3.35. The Balaban J connectivity index is 1.60. The molecule has 2 aromatic carbocycles. The molecular formula is C30H32FN8O4+. The lowest BCUT2D eigenvalue weighted by atomic mass is 9.84. The Kier molecular flexibility index (Phi) is 8.82. The minimum atomic E-state index is -1.04. The summed E-state index contributed by atoms with van der Waals surface area (Å²) in [6.07, 6.45) is 0.219. The first kappa shape index (κ1) is 30.7. The van der Waals surface area contributed by atoms with Crippen molar-refractivity contribution in [2.45, 2.75) is 65.2 Å². The van der Waals surface area contributed by atoms with Crippen molar-refractivity contribution in [2.24, 2.45) is 10.5 Å². The molecule has 3 N–H and O–H groups in total. The number of nitrogens with one attached hydrogen (secondary N) is 3. The number of H-pyrrole nitrogens is 1.